The van der Waals surface area contributed by atoms with Gasteiger partial charge in [-0.15, -0.1) is 0 Å². The summed E-state index contributed by atoms with van der Waals surface area (Å²) in [7, 11) is 1.21. The number of carbonyl (C=O) groups excluding carboxylic acids is 3. The Morgan fingerprint density at radius 2 is 1.55 bits per heavy atom. The zero-order chi connectivity index (χ0) is 16.9. The van der Waals surface area contributed by atoms with Gasteiger partial charge in [-0.1, -0.05) is 0 Å². The first-order chi connectivity index (χ1) is 10.3. The molecule has 0 aromatic carbocycles. The van der Waals surface area contributed by atoms with Crippen molar-refractivity contribution in [2.45, 2.75) is 51.5 Å². The van der Waals surface area contributed by atoms with Crippen molar-refractivity contribution in [2.24, 2.45) is 0 Å². The third-order valence-electron chi connectivity index (χ3n) is 2.86. The van der Waals surface area contributed by atoms with Gasteiger partial charge in [0, 0.05) is 27.9 Å². The van der Waals surface area contributed by atoms with E-state index in [0.717, 1.165) is 13.8 Å². The Morgan fingerprint density at radius 1 is 1.00 bits per heavy atom. The predicted molar refractivity (Wildman–Crippen MR) is 68.3 cm³/mol. The molecule has 5 atom stereocenters. The Balaban J connectivity index is 3.00. The number of methoxy groups -OCH3 is 1. The predicted octanol–water partition coefficient (Wildman–Crippen LogP) is 0.122. The molecule has 0 aromatic rings. The van der Waals surface area contributed by atoms with E-state index in [4.69, 9.17) is 23.7 Å². The standard InChI is InChI=1S/C13H19FO8/c1-6(15)19-5-9-11(20-7(2)16)12(21-8(3)17)10(14)13(18-4)22-9/h9-13H,5H2,1-4H3/t9-,10-,11-,12-,13+/m1/s1. The van der Waals surface area contributed by atoms with Gasteiger partial charge < -0.3 is 23.7 Å². The van der Waals surface area contributed by atoms with Crippen molar-refractivity contribution in [3.8, 4) is 0 Å². The highest BCUT2D eigenvalue weighted by Gasteiger charge is 2.51. The lowest BCUT2D eigenvalue weighted by Crippen LogP contribution is -2.60. The van der Waals surface area contributed by atoms with Crippen LogP contribution in [0.5, 0.6) is 0 Å². The first-order valence-electron chi connectivity index (χ1n) is 6.56. The molecular weight excluding hydrogens is 303 g/mol. The van der Waals surface area contributed by atoms with Crippen LogP contribution < -0.4 is 0 Å². The van der Waals surface area contributed by atoms with Gasteiger partial charge in [0.25, 0.3) is 0 Å². The molecule has 1 heterocycles. The Bertz CT molecular complexity index is 426. The van der Waals surface area contributed by atoms with Gasteiger partial charge >= 0.3 is 17.9 Å². The van der Waals surface area contributed by atoms with Crippen LogP contribution in [-0.4, -0.2) is 62.4 Å². The van der Waals surface area contributed by atoms with Crippen molar-refractivity contribution in [3.05, 3.63) is 0 Å². The fourth-order valence-corrected chi connectivity index (χ4v) is 2.05. The molecule has 8 nitrogen and oxygen atoms in total. The summed E-state index contributed by atoms with van der Waals surface area (Å²) in [5.41, 5.74) is 0. The van der Waals surface area contributed by atoms with Crippen LogP contribution in [0.1, 0.15) is 20.8 Å². The largest absolute Gasteiger partial charge is 0.463 e. The highest BCUT2D eigenvalue weighted by molar-refractivity contribution is 5.67. The smallest absolute Gasteiger partial charge is 0.303 e. The summed E-state index contributed by atoms with van der Waals surface area (Å²) in [5, 5.41) is 0. The molecule has 0 unspecified atom stereocenters. The third kappa shape index (κ3) is 4.92. The molecule has 1 fully saturated rings. The molecular formula is C13H19FO8. The second kappa shape index (κ2) is 8.04. The minimum atomic E-state index is -1.87. The van der Waals surface area contributed by atoms with Gasteiger partial charge in [-0.2, -0.15) is 0 Å². The van der Waals surface area contributed by atoms with E-state index in [2.05, 4.69) is 0 Å². The summed E-state index contributed by atoms with van der Waals surface area (Å²) in [4.78, 5) is 33.3. The molecule has 1 aliphatic rings. The molecule has 1 saturated heterocycles. The molecule has 22 heavy (non-hydrogen) atoms. The maximum Gasteiger partial charge on any atom is 0.303 e. The van der Waals surface area contributed by atoms with E-state index >= 15 is 0 Å². The first kappa shape index (κ1) is 18.3. The molecule has 0 radical (unpaired) electrons. The molecule has 126 valence electrons. The molecule has 0 aliphatic carbocycles. The van der Waals surface area contributed by atoms with Gasteiger partial charge in [0.15, 0.2) is 24.7 Å². The zero-order valence-electron chi connectivity index (χ0n) is 12.7. The fourth-order valence-electron chi connectivity index (χ4n) is 2.05. The zero-order valence-corrected chi connectivity index (χ0v) is 12.7. The quantitative estimate of drug-likeness (QED) is 0.520. The van der Waals surface area contributed by atoms with E-state index in [1.807, 2.05) is 0 Å². The maximum absolute atomic E-state index is 14.3. The van der Waals surface area contributed by atoms with Crippen LogP contribution in [0.4, 0.5) is 4.39 Å². The van der Waals surface area contributed by atoms with Crippen LogP contribution in [0.15, 0.2) is 0 Å². The van der Waals surface area contributed by atoms with Crippen molar-refractivity contribution in [2.75, 3.05) is 13.7 Å². The molecule has 0 spiro atoms. The van der Waals surface area contributed by atoms with E-state index in [0.29, 0.717) is 0 Å². The van der Waals surface area contributed by atoms with Crippen molar-refractivity contribution in [1.29, 1.82) is 0 Å². The number of carbonyl (C=O) groups is 3. The van der Waals surface area contributed by atoms with Crippen molar-refractivity contribution in [1.82, 2.24) is 0 Å². The van der Waals surface area contributed by atoms with Crippen LogP contribution in [-0.2, 0) is 38.1 Å². The summed E-state index contributed by atoms with van der Waals surface area (Å²) < 4.78 is 39.1. The average molecular weight is 322 g/mol. The normalized spacial score (nSPS) is 31.2. The number of hydrogen-bond acceptors (Lipinski definition) is 8. The highest BCUT2D eigenvalue weighted by Crippen LogP contribution is 2.29. The number of esters is 3. The monoisotopic (exact) mass is 322 g/mol. The highest BCUT2D eigenvalue weighted by atomic mass is 19.1. The van der Waals surface area contributed by atoms with Gasteiger partial charge in [0.1, 0.15) is 12.7 Å². The molecule has 9 heteroatoms. The lowest BCUT2D eigenvalue weighted by atomic mass is 9.99. The lowest BCUT2D eigenvalue weighted by Gasteiger charge is -2.41. The van der Waals surface area contributed by atoms with E-state index in [-0.39, 0.29) is 6.61 Å². The van der Waals surface area contributed by atoms with E-state index in [1.54, 1.807) is 0 Å². The minimum absolute atomic E-state index is 0.308. The van der Waals surface area contributed by atoms with Crippen LogP contribution in [0.3, 0.4) is 0 Å². The lowest BCUT2D eigenvalue weighted by molar-refractivity contribution is -0.286. The Hall–Kier alpha value is -1.74. The van der Waals surface area contributed by atoms with Gasteiger partial charge in [-0.05, 0) is 0 Å². The van der Waals surface area contributed by atoms with Crippen LogP contribution in [0.25, 0.3) is 0 Å². The first-order valence-corrected chi connectivity index (χ1v) is 6.56. The Labute approximate surface area is 126 Å². The second-order valence-corrected chi connectivity index (χ2v) is 4.67. The number of hydrogen-bond donors (Lipinski definition) is 0. The van der Waals surface area contributed by atoms with Crippen LogP contribution in [0.2, 0.25) is 0 Å². The number of rotatable bonds is 5. The summed E-state index contributed by atoms with van der Waals surface area (Å²) in [6.45, 7) is 3.08. The van der Waals surface area contributed by atoms with E-state index in [9.17, 15) is 18.8 Å². The topological polar surface area (TPSA) is 97.4 Å². The van der Waals surface area contributed by atoms with Crippen LogP contribution in [0, 0.1) is 0 Å². The summed E-state index contributed by atoms with van der Waals surface area (Å²) in [6, 6.07) is 0. The Kier molecular flexibility index (Phi) is 6.69. The van der Waals surface area contributed by atoms with Gasteiger partial charge in [0.2, 0.25) is 0 Å². The minimum Gasteiger partial charge on any atom is -0.463 e. The van der Waals surface area contributed by atoms with Crippen LogP contribution >= 0.6 is 0 Å². The van der Waals surface area contributed by atoms with E-state index < -0.39 is 48.7 Å². The molecule has 0 bridgehead atoms. The summed E-state index contributed by atoms with van der Waals surface area (Å²) in [5.74, 6) is -2.07. The van der Waals surface area contributed by atoms with Crippen molar-refractivity contribution >= 4 is 17.9 Å². The number of halogens is 1. The number of alkyl halides is 1. The van der Waals surface area contributed by atoms with Gasteiger partial charge in [-0.3, -0.25) is 14.4 Å². The molecule has 1 aliphatic heterocycles. The maximum atomic E-state index is 14.3. The van der Waals surface area contributed by atoms with Crippen molar-refractivity contribution in [3.63, 3.8) is 0 Å². The molecule has 0 N–H and O–H groups in total. The molecule has 0 amide bonds. The van der Waals surface area contributed by atoms with Gasteiger partial charge in [-0.25, -0.2) is 4.39 Å². The fraction of sp³-hybridized carbons (Fsp3) is 0.769. The molecule has 0 aromatic heterocycles. The summed E-state index contributed by atoms with van der Waals surface area (Å²) in [6.07, 6.45) is -6.94. The Morgan fingerprint density at radius 3 is 2.00 bits per heavy atom. The molecule has 1 rings (SSSR count). The SMILES string of the molecule is CO[C@H]1O[C@H](COC(C)=O)[C@@H](OC(C)=O)[C@H](OC(C)=O)[C@H]1F. The molecule has 0 saturated carbocycles. The second-order valence-electron chi connectivity index (χ2n) is 4.67. The summed E-state index contributed by atoms with van der Waals surface area (Å²) >= 11 is 0. The number of ether oxygens (including phenoxy) is 5. The van der Waals surface area contributed by atoms with Crippen molar-refractivity contribution < 1.29 is 42.5 Å². The van der Waals surface area contributed by atoms with E-state index in [1.165, 1.54) is 14.0 Å². The third-order valence-corrected chi connectivity index (χ3v) is 2.86. The average Bonchev–Trinajstić information content (AvgIpc) is 2.41. The van der Waals surface area contributed by atoms with Gasteiger partial charge in [0.05, 0.1) is 0 Å².